The van der Waals surface area contributed by atoms with Gasteiger partial charge in [-0.05, 0) is 13.3 Å². The summed E-state index contributed by atoms with van der Waals surface area (Å²) < 4.78 is 0. The number of aliphatic hydroxyl groups excluding tert-OH is 1. The molecule has 2 nitrogen and oxygen atoms in total. The minimum atomic E-state index is -0.320. The van der Waals surface area contributed by atoms with Crippen molar-refractivity contribution in [3.05, 3.63) is 0 Å². The van der Waals surface area contributed by atoms with Gasteiger partial charge in [0.1, 0.15) is 0 Å². The Morgan fingerprint density at radius 2 is 2.43 bits per heavy atom. The molecular formula is C5H9NO. The van der Waals surface area contributed by atoms with Gasteiger partial charge in [0.15, 0.2) is 0 Å². The van der Waals surface area contributed by atoms with Gasteiger partial charge in [0.05, 0.1) is 12.2 Å². The third-order valence-electron chi connectivity index (χ3n) is 0.674. The van der Waals surface area contributed by atoms with Crippen LogP contribution in [0, 0.1) is 11.3 Å². The highest BCUT2D eigenvalue weighted by atomic mass is 16.3. The van der Waals surface area contributed by atoms with Gasteiger partial charge in [0.2, 0.25) is 0 Å². The third kappa shape index (κ3) is 5.45. The Morgan fingerprint density at radius 1 is 1.86 bits per heavy atom. The second-order valence-corrected chi connectivity index (χ2v) is 1.55. The monoisotopic (exact) mass is 99.1 g/mol. The molecule has 0 aromatic carbocycles. The van der Waals surface area contributed by atoms with Crippen LogP contribution in [-0.4, -0.2) is 11.2 Å². The Labute approximate surface area is 43.4 Å². The zero-order valence-electron chi connectivity index (χ0n) is 4.39. The summed E-state index contributed by atoms with van der Waals surface area (Å²) in [4.78, 5) is 0. The zero-order valence-corrected chi connectivity index (χ0v) is 4.39. The van der Waals surface area contributed by atoms with Crippen LogP contribution < -0.4 is 0 Å². The first-order valence-electron chi connectivity index (χ1n) is 2.32. The van der Waals surface area contributed by atoms with Crippen molar-refractivity contribution in [2.45, 2.75) is 25.9 Å². The van der Waals surface area contributed by atoms with Gasteiger partial charge >= 0.3 is 0 Å². The first-order valence-corrected chi connectivity index (χ1v) is 2.32. The van der Waals surface area contributed by atoms with E-state index in [2.05, 4.69) is 0 Å². The molecular weight excluding hydrogens is 90.1 g/mol. The van der Waals surface area contributed by atoms with Gasteiger partial charge in [-0.15, -0.1) is 0 Å². The fourth-order valence-electron chi connectivity index (χ4n) is 0.273. The SMILES string of the molecule is C[C@@H](O)CCC#N. The predicted molar refractivity (Wildman–Crippen MR) is 26.5 cm³/mol. The van der Waals surface area contributed by atoms with Crippen LogP contribution in [0.1, 0.15) is 19.8 Å². The van der Waals surface area contributed by atoms with Crippen molar-refractivity contribution in [3.8, 4) is 6.07 Å². The topological polar surface area (TPSA) is 44.0 Å². The van der Waals surface area contributed by atoms with Crippen LogP contribution in [-0.2, 0) is 0 Å². The number of rotatable bonds is 2. The Balaban J connectivity index is 2.86. The lowest BCUT2D eigenvalue weighted by Gasteiger charge is -1.94. The summed E-state index contributed by atoms with van der Waals surface area (Å²) in [5, 5.41) is 16.5. The zero-order chi connectivity index (χ0) is 5.70. The van der Waals surface area contributed by atoms with E-state index in [1.165, 1.54) is 0 Å². The summed E-state index contributed by atoms with van der Waals surface area (Å²) in [6.45, 7) is 1.68. The van der Waals surface area contributed by atoms with Crippen molar-refractivity contribution in [1.82, 2.24) is 0 Å². The summed E-state index contributed by atoms with van der Waals surface area (Å²) in [6, 6.07) is 1.94. The Hall–Kier alpha value is -0.550. The molecule has 0 heterocycles. The second-order valence-electron chi connectivity index (χ2n) is 1.55. The molecule has 1 atom stereocenters. The molecule has 0 rings (SSSR count). The van der Waals surface area contributed by atoms with Crippen molar-refractivity contribution in [2.24, 2.45) is 0 Å². The molecule has 7 heavy (non-hydrogen) atoms. The van der Waals surface area contributed by atoms with E-state index in [1.54, 1.807) is 6.92 Å². The minimum Gasteiger partial charge on any atom is -0.393 e. The van der Waals surface area contributed by atoms with Crippen molar-refractivity contribution in [3.63, 3.8) is 0 Å². The van der Waals surface area contributed by atoms with Gasteiger partial charge in [0, 0.05) is 6.42 Å². The quantitative estimate of drug-likeness (QED) is 0.553. The van der Waals surface area contributed by atoms with Crippen molar-refractivity contribution in [1.29, 1.82) is 5.26 Å². The average Bonchev–Trinajstić information content (AvgIpc) is 1.61. The summed E-state index contributed by atoms with van der Waals surface area (Å²) in [7, 11) is 0. The van der Waals surface area contributed by atoms with Crippen molar-refractivity contribution < 1.29 is 5.11 Å². The maximum Gasteiger partial charge on any atom is 0.0622 e. The molecule has 0 aliphatic heterocycles. The average molecular weight is 99.1 g/mol. The lowest BCUT2D eigenvalue weighted by Crippen LogP contribution is -1.96. The van der Waals surface area contributed by atoms with Gasteiger partial charge in [-0.3, -0.25) is 0 Å². The lowest BCUT2D eigenvalue weighted by molar-refractivity contribution is 0.186. The molecule has 1 N–H and O–H groups in total. The van der Waals surface area contributed by atoms with Gasteiger partial charge in [0.25, 0.3) is 0 Å². The van der Waals surface area contributed by atoms with Crippen molar-refractivity contribution >= 4 is 0 Å². The van der Waals surface area contributed by atoms with Gasteiger partial charge < -0.3 is 5.11 Å². The Morgan fingerprint density at radius 3 is 2.57 bits per heavy atom. The maximum absolute atomic E-state index is 8.53. The smallest absolute Gasteiger partial charge is 0.0622 e. The number of nitriles is 1. The molecule has 0 saturated carbocycles. The fraction of sp³-hybridized carbons (Fsp3) is 0.800. The van der Waals surface area contributed by atoms with Gasteiger partial charge in [-0.25, -0.2) is 0 Å². The number of aliphatic hydroxyl groups is 1. The van der Waals surface area contributed by atoms with E-state index >= 15 is 0 Å². The van der Waals surface area contributed by atoms with Crippen LogP contribution >= 0.6 is 0 Å². The largest absolute Gasteiger partial charge is 0.393 e. The molecule has 0 aromatic heterocycles. The Bertz CT molecular complexity index is 72.6. The van der Waals surface area contributed by atoms with E-state index in [-0.39, 0.29) is 6.10 Å². The highest BCUT2D eigenvalue weighted by molar-refractivity contribution is 4.69. The highest BCUT2D eigenvalue weighted by Crippen LogP contribution is 1.91. The molecule has 0 aliphatic rings. The van der Waals surface area contributed by atoms with Crippen LogP contribution in [0.3, 0.4) is 0 Å². The molecule has 2 heteroatoms. The van der Waals surface area contributed by atoms with Gasteiger partial charge in [-0.1, -0.05) is 0 Å². The molecule has 0 bridgehead atoms. The summed E-state index contributed by atoms with van der Waals surface area (Å²) in [6.07, 6.45) is 0.730. The van der Waals surface area contributed by atoms with E-state index in [0.29, 0.717) is 12.8 Å². The molecule has 0 fully saturated rings. The molecule has 0 aliphatic carbocycles. The molecule has 0 aromatic rings. The second kappa shape index (κ2) is 3.63. The number of nitrogens with zero attached hydrogens (tertiary/aromatic N) is 1. The first kappa shape index (κ1) is 6.45. The molecule has 0 saturated heterocycles. The summed E-state index contributed by atoms with van der Waals surface area (Å²) >= 11 is 0. The molecule has 40 valence electrons. The highest BCUT2D eigenvalue weighted by Gasteiger charge is 1.90. The molecule has 0 unspecified atom stereocenters. The van der Waals surface area contributed by atoms with Crippen LogP contribution in [0.5, 0.6) is 0 Å². The minimum absolute atomic E-state index is 0.320. The molecule has 0 radical (unpaired) electrons. The van der Waals surface area contributed by atoms with E-state index in [1.807, 2.05) is 6.07 Å². The van der Waals surface area contributed by atoms with E-state index in [9.17, 15) is 0 Å². The first-order chi connectivity index (χ1) is 3.27. The summed E-state index contributed by atoms with van der Waals surface area (Å²) in [5.41, 5.74) is 0. The normalized spacial score (nSPS) is 12.7. The maximum atomic E-state index is 8.53. The van der Waals surface area contributed by atoms with Crippen LogP contribution in [0.4, 0.5) is 0 Å². The fourth-order valence-corrected chi connectivity index (χ4v) is 0.273. The van der Waals surface area contributed by atoms with E-state index in [4.69, 9.17) is 10.4 Å². The van der Waals surface area contributed by atoms with E-state index < -0.39 is 0 Å². The molecule has 0 spiro atoms. The lowest BCUT2D eigenvalue weighted by atomic mass is 10.2. The summed E-state index contributed by atoms with van der Waals surface area (Å²) in [5.74, 6) is 0. The van der Waals surface area contributed by atoms with Crippen molar-refractivity contribution in [2.75, 3.05) is 0 Å². The Kier molecular flexibility index (Phi) is 3.35. The predicted octanol–water partition coefficient (Wildman–Crippen LogP) is 0.671. The molecule has 0 amide bonds. The standard InChI is InChI=1S/C5H9NO/c1-5(7)3-2-4-6/h5,7H,2-3H2,1H3/t5-/m1/s1. The van der Waals surface area contributed by atoms with Gasteiger partial charge in [-0.2, -0.15) is 5.26 Å². The van der Waals surface area contributed by atoms with E-state index in [0.717, 1.165) is 0 Å². The van der Waals surface area contributed by atoms with Crippen LogP contribution in [0.25, 0.3) is 0 Å². The number of hydrogen-bond acceptors (Lipinski definition) is 2. The third-order valence-corrected chi connectivity index (χ3v) is 0.674. The number of hydrogen-bond donors (Lipinski definition) is 1. The van der Waals surface area contributed by atoms with Crippen LogP contribution in [0.15, 0.2) is 0 Å². The van der Waals surface area contributed by atoms with Crippen LogP contribution in [0.2, 0.25) is 0 Å².